The lowest BCUT2D eigenvalue weighted by molar-refractivity contribution is -0.148. The smallest absolute Gasteiger partial charge is 0.339 e. The second kappa shape index (κ2) is 6.70. The van der Waals surface area contributed by atoms with E-state index >= 15 is 0 Å². The molecule has 1 spiro atoms. The van der Waals surface area contributed by atoms with E-state index < -0.39 is 23.5 Å². The summed E-state index contributed by atoms with van der Waals surface area (Å²) in [6.07, 6.45) is 0.198. The molecular weight excluding hydrogens is 452 g/mol. The predicted molar refractivity (Wildman–Crippen MR) is 113 cm³/mol. The van der Waals surface area contributed by atoms with Crippen LogP contribution in [-0.2, 0) is 29.3 Å². The molecule has 8 heteroatoms. The van der Waals surface area contributed by atoms with Crippen molar-refractivity contribution in [2.75, 3.05) is 5.32 Å². The van der Waals surface area contributed by atoms with E-state index in [0.29, 0.717) is 27.9 Å². The molecule has 1 aromatic rings. The Labute approximate surface area is 182 Å². The summed E-state index contributed by atoms with van der Waals surface area (Å²) < 4.78 is 11.8. The standard InChI is InChI=1S/C22H23BrN2O5/c1-10(2)29-19(27)17-18(24)25-13-6-5-11(23)7-12(13)22(17)16-14(26)8-21(3,4)9-15(16)30-20(22)28/h5-7,10,25H,8-9,24H2,1-4H3. The number of rotatable bonds is 2. The zero-order valence-electron chi connectivity index (χ0n) is 17.2. The number of esters is 2. The monoisotopic (exact) mass is 474 g/mol. The van der Waals surface area contributed by atoms with Gasteiger partial charge in [0.1, 0.15) is 17.2 Å². The third-order valence-corrected chi connectivity index (χ3v) is 6.07. The number of hydrogen-bond donors (Lipinski definition) is 2. The Hall–Kier alpha value is -2.61. The minimum absolute atomic E-state index is 0.0289. The summed E-state index contributed by atoms with van der Waals surface area (Å²) in [5.74, 6) is -1.43. The predicted octanol–water partition coefficient (Wildman–Crippen LogP) is 3.43. The van der Waals surface area contributed by atoms with E-state index in [1.165, 1.54) is 0 Å². The van der Waals surface area contributed by atoms with E-state index in [1.54, 1.807) is 32.0 Å². The van der Waals surface area contributed by atoms with Gasteiger partial charge in [-0.2, -0.15) is 0 Å². The van der Waals surface area contributed by atoms with Crippen molar-refractivity contribution in [1.82, 2.24) is 0 Å². The lowest BCUT2D eigenvalue weighted by atomic mass is 9.62. The van der Waals surface area contributed by atoms with Gasteiger partial charge in [0.25, 0.3) is 0 Å². The highest BCUT2D eigenvalue weighted by molar-refractivity contribution is 9.10. The molecule has 1 atom stereocenters. The molecule has 0 bridgehead atoms. The summed E-state index contributed by atoms with van der Waals surface area (Å²) in [4.78, 5) is 40.1. The van der Waals surface area contributed by atoms with Crippen LogP contribution in [0.25, 0.3) is 0 Å². The number of hydrogen-bond acceptors (Lipinski definition) is 7. The molecule has 3 N–H and O–H groups in total. The number of carbonyl (C=O) groups is 3. The first-order valence-corrected chi connectivity index (χ1v) is 10.5. The van der Waals surface area contributed by atoms with E-state index in [2.05, 4.69) is 21.2 Å². The van der Waals surface area contributed by atoms with Crippen molar-refractivity contribution in [2.45, 2.75) is 52.1 Å². The lowest BCUT2D eigenvalue weighted by Gasteiger charge is -2.38. The van der Waals surface area contributed by atoms with Gasteiger partial charge in [0.2, 0.25) is 0 Å². The maximum Gasteiger partial charge on any atom is 0.339 e. The number of allylic oxidation sites excluding steroid dienone is 1. The van der Waals surface area contributed by atoms with Crippen LogP contribution >= 0.6 is 15.9 Å². The van der Waals surface area contributed by atoms with Gasteiger partial charge < -0.3 is 20.5 Å². The summed E-state index contributed by atoms with van der Waals surface area (Å²) in [5, 5.41) is 2.98. The molecule has 0 amide bonds. The van der Waals surface area contributed by atoms with Crippen molar-refractivity contribution in [1.29, 1.82) is 0 Å². The van der Waals surface area contributed by atoms with Crippen LogP contribution in [0.1, 0.15) is 46.1 Å². The number of fused-ring (bicyclic) bond motifs is 3. The zero-order valence-corrected chi connectivity index (χ0v) is 18.8. The molecule has 2 aliphatic heterocycles. The maximum atomic E-state index is 13.5. The topological polar surface area (TPSA) is 108 Å². The highest BCUT2D eigenvalue weighted by Crippen LogP contribution is 2.57. The number of nitrogens with one attached hydrogen (secondary N) is 1. The molecule has 4 rings (SSSR count). The van der Waals surface area contributed by atoms with Crippen LogP contribution in [0.5, 0.6) is 0 Å². The number of carbonyl (C=O) groups excluding carboxylic acids is 3. The Bertz CT molecular complexity index is 1070. The quantitative estimate of drug-likeness (QED) is 0.631. The average Bonchev–Trinajstić information content (AvgIpc) is 2.86. The van der Waals surface area contributed by atoms with Crippen molar-refractivity contribution in [3.63, 3.8) is 0 Å². The van der Waals surface area contributed by atoms with Gasteiger partial charge in [-0.25, -0.2) is 9.59 Å². The first-order chi connectivity index (χ1) is 14.0. The molecule has 158 valence electrons. The molecule has 0 radical (unpaired) electrons. The van der Waals surface area contributed by atoms with Gasteiger partial charge in [-0.15, -0.1) is 0 Å². The second-order valence-corrected chi connectivity index (χ2v) is 9.85. The van der Waals surface area contributed by atoms with Gasteiger partial charge in [-0.3, -0.25) is 4.79 Å². The molecular formula is C22H23BrN2O5. The summed E-state index contributed by atoms with van der Waals surface area (Å²) in [7, 11) is 0. The molecule has 30 heavy (non-hydrogen) atoms. The van der Waals surface area contributed by atoms with Gasteiger partial charge in [0.15, 0.2) is 11.2 Å². The Morgan fingerprint density at radius 3 is 2.63 bits per heavy atom. The molecule has 3 aliphatic rings. The van der Waals surface area contributed by atoms with Gasteiger partial charge in [-0.1, -0.05) is 29.8 Å². The van der Waals surface area contributed by atoms with Crippen LogP contribution in [0.4, 0.5) is 5.69 Å². The van der Waals surface area contributed by atoms with Gasteiger partial charge >= 0.3 is 11.9 Å². The van der Waals surface area contributed by atoms with Crippen molar-refractivity contribution in [2.24, 2.45) is 11.1 Å². The van der Waals surface area contributed by atoms with Gasteiger partial charge in [0.05, 0.1) is 11.7 Å². The minimum atomic E-state index is -1.76. The minimum Gasteiger partial charge on any atom is -0.459 e. The number of Topliss-reactive ketones (excluding diaryl/α,β-unsaturated/α-hetero) is 1. The van der Waals surface area contributed by atoms with Crippen LogP contribution in [0.2, 0.25) is 0 Å². The molecule has 2 heterocycles. The average molecular weight is 475 g/mol. The van der Waals surface area contributed by atoms with Crippen LogP contribution < -0.4 is 11.1 Å². The summed E-state index contributed by atoms with van der Waals surface area (Å²) >= 11 is 3.43. The highest BCUT2D eigenvalue weighted by atomic mass is 79.9. The lowest BCUT2D eigenvalue weighted by Crippen LogP contribution is -2.48. The second-order valence-electron chi connectivity index (χ2n) is 8.94. The van der Waals surface area contributed by atoms with Crippen molar-refractivity contribution in [3.05, 3.63) is 51.0 Å². The third-order valence-electron chi connectivity index (χ3n) is 5.58. The van der Waals surface area contributed by atoms with Crippen molar-refractivity contribution in [3.8, 4) is 0 Å². The number of ether oxygens (including phenoxy) is 2. The van der Waals surface area contributed by atoms with E-state index in [9.17, 15) is 14.4 Å². The van der Waals surface area contributed by atoms with Crippen LogP contribution in [-0.4, -0.2) is 23.8 Å². The first-order valence-electron chi connectivity index (χ1n) is 9.75. The maximum absolute atomic E-state index is 13.5. The fourth-order valence-electron chi connectivity index (χ4n) is 4.55. The molecule has 0 aromatic heterocycles. The summed E-state index contributed by atoms with van der Waals surface area (Å²) in [6, 6.07) is 5.23. The summed E-state index contributed by atoms with van der Waals surface area (Å²) in [6.45, 7) is 7.29. The SMILES string of the molecule is CC(C)OC(=O)C1=C(N)Nc2ccc(Br)cc2C12C(=O)OC1=C2C(=O)CC(C)(C)C1. The molecule has 0 fully saturated rings. The molecule has 0 saturated heterocycles. The fraction of sp³-hybridized carbons (Fsp3) is 0.409. The van der Waals surface area contributed by atoms with E-state index in [0.717, 1.165) is 0 Å². The molecule has 0 saturated carbocycles. The molecule has 1 unspecified atom stereocenters. The van der Waals surface area contributed by atoms with E-state index in [4.69, 9.17) is 15.2 Å². The Balaban J connectivity index is 2.06. The number of halogens is 1. The van der Waals surface area contributed by atoms with Crippen LogP contribution in [0.15, 0.2) is 45.4 Å². The van der Waals surface area contributed by atoms with Crippen molar-refractivity contribution >= 4 is 39.3 Å². The van der Waals surface area contributed by atoms with Crippen LogP contribution in [0, 0.1) is 5.41 Å². The Morgan fingerprint density at radius 2 is 1.97 bits per heavy atom. The largest absolute Gasteiger partial charge is 0.459 e. The molecule has 1 aliphatic carbocycles. The Morgan fingerprint density at radius 1 is 1.27 bits per heavy atom. The number of nitrogens with two attached hydrogens (primary N) is 1. The third kappa shape index (κ3) is 2.88. The fourth-order valence-corrected chi connectivity index (χ4v) is 4.91. The first kappa shape index (κ1) is 20.7. The number of benzene rings is 1. The van der Waals surface area contributed by atoms with Crippen molar-refractivity contribution < 1.29 is 23.9 Å². The van der Waals surface area contributed by atoms with Crippen LogP contribution in [0.3, 0.4) is 0 Å². The molecule has 1 aromatic carbocycles. The Kier molecular flexibility index (Phi) is 4.61. The highest BCUT2D eigenvalue weighted by Gasteiger charge is 2.64. The van der Waals surface area contributed by atoms with Gasteiger partial charge in [-0.05, 0) is 37.5 Å². The van der Waals surface area contributed by atoms with E-state index in [-0.39, 0.29) is 34.6 Å². The number of ketones is 1. The van der Waals surface area contributed by atoms with E-state index in [1.807, 2.05) is 13.8 Å². The zero-order chi connectivity index (χ0) is 22.0. The summed E-state index contributed by atoms with van der Waals surface area (Å²) in [5.41, 5.74) is 5.18. The normalized spacial score (nSPS) is 24.6. The number of anilines is 1. The molecule has 7 nitrogen and oxygen atoms in total. The van der Waals surface area contributed by atoms with Gasteiger partial charge in [0, 0.05) is 28.6 Å².